The normalized spacial score (nSPS) is 12.3. The van der Waals surface area contributed by atoms with Gasteiger partial charge >= 0.3 is 0 Å². The molecule has 0 N–H and O–H groups in total. The van der Waals surface area contributed by atoms with Gasteiger partial charge in [0.05, 0.1) is 0 Å². The van der Waals surface area contributed by atoms with Gasteiger partial charge in [0.25, 0.3) is 0 Å². The lowest BCUT2D eigenvalue weighted by Crippen LogP contribution is -2.08. The number of hydrogen-bond donors (Lipinski definition) is 0. The Bertz CT molecular complexity index is 934. The molecule has 20 heavy (non-hydrogen) atoms. The maximum Gasteiger partial charge on any atom is 0.194 e. The van der Waals surface area contributed by atoms with Crippen LogP contribution < -0.4 is 5.43 Å². The third-order valence-corrected chi connectivity index (χ3v) is 3.80. The second kappa shape index (κ2) is 3.87. The van der Waals surface area contributed by atoms with Gasteiger partial charge in [-0.25, -0.2) is 0 Å². The highest BCUT2D eigenvalue weighted by Gasteiger charge is 2.23. The largest absolute Gasteiger partial charge is 0.290 e. The molecule has 0 spiro atoms. The highest BCUT2D eigenvalue weighted by atomic mass is 16.1. The highest BCUT2D eigenvalue weighted by Crippen LogP contribution is 2.38. The minimum absolute atomic E-state index is 0.0140. The predicted octanol–water partition coefficient (Wildman–Crippen LogP) is 3.41. The van der Waals surface area contributed by atoms with E-state index in [1.807, 2.05) is 36.4 Å². The number of hydrogen-bond acceptors (Lipinski definition) is 2. The molecule has 94 valence electrons. The van der Waals surface area contributed by atoms with Crippen LogP contribution in [0.1, 0.15) is 15.9 Å². The highest BCUT2D eigenvalue weighted by molar-refractivity contribution is 6.25. The number of benzene rings is 2. The Morgan fingerprint density at radius 2 is 1.20 bits per heavy atom. The molecule has 1 aliphatic carbocycles. The van der Waals surface area contributed by atoms with Crippen LogP contribution in [0.25, 0.3) is 21.9 Å². The number of ketones is 1. The van der Waals surface area contributed by atoms with Gasteiger partial charge in [-0.15, -0.1) is 0 Å². The van der Waals surface area contributed by atoms with Crippen molar-refractivity contribution in [1.82, 2.24) is 0 Å². The molecule has 1 aliphatic rings. The van der Waals surface area contributed by atoms with Crippen LogP contribution >= 0.6 is 0 Å². The zero-order chi connectivity index (χ0) is 13.7. The van der Waals surface area contributed by atoms with E-state index in [9.17, 15) is 9.59 Å². The van der Waals surface area contributed by atoms with Gasteiger partial charge in [-0.1, -0.05) is 36.4 Å². The second-order valence-electron chi connectivity index (χ2n) is 4.93. The average Bonchev–Trinajstić information content (AvgIpc) is 2.67. The lowest BCUT2D eigenvalue weighted by Gasteiger charge is -2.18. The minimum atomic E-state index is -0.0940. The molecule has 4 rings (SSSR count). The maximum atomic E-state index is 12.6. The van der Waals surface area contributed by atoms with Crippen molar-refractivity contribution < 1.29 is 4.79 Å². The summed E-state index contributed by atoms with van der Waals surface area (Å²) in [5, 5.41) is 2.03. The molecule has 0 saturated carbocycles. The number of rotatable bonds is 0. The van der Waals surface area contributed by atoms with E-state index in [0.717, 1.165) is 21.9 Å². The fourth-order valence-electron chi connectivity index (χ4n) is 2.90. The SMILES string of the molecule is O=C1c2ccc(=O)ccc2-c2cccc3cccc1c23. The van der Waals surface area contributed by atoms with E-state index in [2.05, 4.69) is 0 Å². The Morgan fingerprint density at radius 1 is 0.550 bits per heavy atom. The molecule has 2 nitrogen and oxygen atoms in total. The number of carbonyl (C=O) groups is 1. The Kier molecular flexibility index (Phi) is 2.15. The molecule has 0 aromatic heterocycles. The van der Waals surface area contributed by atoms with Crippen molar-refractivity contribution in [1.29, 1.82) is 0 Å². The van der Waals surface area contributed by atoms with Crippen molar-refractivity contribution in [2.75, 3.05) is 0 Å². The summed E-state index contributed by atoms with van der Waals surface area (Å²) in [7, 11) is 0. The molecule has 3 aromatic rings. The standard InChI is InChI=1S/C18H10O2/c19-12-7-9-13-14-5-1-3-11-4-2-6-16(17(11)14)18(20)15(13)10-8-12/h1-10H. The molecule has 0 saturated heterocycles. The molecule has 0 fully saturated rings. The number of carbonyl (C=O) groups excluding carboxylic acids is 1. The first-order chi connectivity index (χ1) is 9.75. The lowest BCUT2D eigenvalue weighted by molar-refractivity contribution is 0.104. The van der Waals surface area contributed by atoms with E-state index in [4.69, 9.17) is 0 Å². The van der Waals surface area contributed by atoms with Gasteiger partial charge in [0.2, 0.25) is 0 Å². The topological polar surface area (TPSA) is 34.1 Å². The summed E-state index contributed by atoms with van der Waals surface area (Å²) in [6.45, 7) is 0. The van der Waals surface area contributed by atoms with Gasteiger partial charge in [-0.3, -0.25) is 9.59 Å². The summed E-state index contributed by atoms with van der Waals surface area (Å²) in [6, 6.07) is 18.1. The summed E-state index contributed by atoms with van der Waals surface area (Å²) in [6.07, 6.45) is 0. The third-order valence-electron chi connectivity index (χ3n) is 3.80. The molecule has 3 aromatic carbocycles. The van der Waals surface area contributed by atoms with E-state index in [1.165, 1.54) is 12.1 Å². The minimum Gasteiger partial charge on any atom is -0.290 e. The van der Waals surface area contributed by atoms with Gasteiger partial charge in [0.1, 0.15) is 0 Å². The molecule has 0 amide bonds. The van der Waals surface area contributed by atoms with Crippen LogP contribution in [0.15, 0.2) is 65.5 Å². The Balaban J connectivity index is 2.26. The third kappa shape index (κ3) is 1.39. The molecule has 0 bridgehead atoms. The zero-order valence-corrected chi connectivity index (χ0v) is 10.6. The van der Waals surface area contributed by atoms with E-state index in [0.29, 0.717) is 11.1 Å². The van der Waals surface area contributed by atoms with Crippen LogP contribution in [-0.2, 0) is 0 Å². The van der Waals surface area contributed by atoms with Gasteiger partial charge in [0, 0.05) is 16.5 Å². The van der Waals surface area contributed by atoms with Crippen LogP contribution in [0.5, 0.6) is 0 Å². The van der Waals surface area contributed by atoms with Crippen LogP contribution in [0.3, 0.4) is 0 Å². The zero-order valence-electron chi connectivity index (χ0n) is 10.6. The molecule has 0 radical (unpaired) electrons. The van der Waals surface area contributed by atoms with E-state index in [-0.39, 0.29) is 11.2 Å². The van der Waals surface area contributed by atoms with E-state index >= 15 is 0 Å². The van der Waals surface area contributed by atoms with Gasteiger partial charge in [0.15, 0.2) is 11.2 Å². The van der Waals surface area contributed by atoms with Crippen LogP contribution in [0.2, 0.25) is 0 Å². The average molecular weight is 258 g/mol. The van der Waals surface area contributed by atoms with Gasteiger partial charge in [-0.2, -0.15) is 0 Å². The molecule has 0 aliphatic heterocycles. The lowest BCUT2D eigenvalue weighted by atomic mass is 9.84. The Morgan fingerprint density at radius 3 is 1.95 bits per heavy atom. The van der Waals surface area contributed by atoms with Crippen LogP contribution in [0.4, 0.5) is 0 Å². The molecular formula is C18H10O2. The first-order valence-corrected chi connectivity index (χ1v) is 6.47. The molecule has 0 unspecified atom stereocenters. The Labute approximate surface area is 115 Å². The van der Waals surface area contributed by atoms with Crippen molar-refractivity contribution >= 4 is 16.6 Å². The smallest absolute Gasteiger partial charge is 0.194 e. The summed E-state index contributed by atoms with van der Waals surface area (Å²) < 4.78 is 0. The first kappa shape index (κ1) is 11.1. The Hall–Kier alpha value is -2.74. The van der Waals surface area contributed by atoms with Gasteiger partial charge < -0.3 is 0 Å². The van der Waals surface area contributed by atoms with E-state index in [1.54, 1.807) is 12.1 Å². The summed E-state index contributed by atoms with van der Waals surface area (Å²) >= 11 is 0. The summed E-state index contributed by atoms with van der Waals surface area (Å²) in [4.78, 5) is 24.2. The predicted molar refractivity (Wildman–Crippen MR) is 79.1 cm³/mol. The maximum absolute atomic E-state index is 12.6. The van der Waals surface area contributed by atoms with Crippen molar-refractivity contribution in [3.63, 3.8) is 0 Å². The molecule has 0 atom stereocenters. The molecule has 2 heteroatoms. The first-order valence-electron chi connectivity index (χ1n) is 6.47. The van der Waals surface area contributed by atoms with Crippen LogP contribution in [-0.4, -0.2) is 5.78 Å². The summed E-state index contributed by atoms with van der Waals surface area (Å²) in [5.74, 6) is -0.0140. The summed E-state index contributed by atoms with van der Waals surface area (Å²) in [5.41, 5.74) is 3.07. The number of fused-ring (bicyclic) bond motifs is 2. The van der Waals surface area contributed by atoms with E-state index < -0.39 is 0 Å². The van der Waals surface area contributed by atoms with Crippen molar-refractivity contribution in [2.45, 2.75) is 0 Å². The van der Waals surface area contributed by atoms with Crippen molar-refractivity contribution in [2.24, 2.45) is 0 Å². The molecule has 0 heterocycles. The fourth-order valence-corrected chi connectivity index (χ4v) is 2.90. The quantitative estimate of drug-likeness (QED) is 0.484. The monoisotopic (exact) mass is 258 g/mol. The van der Waals surface area contributed by atoms with Crippen molar-refractivity contribution in [3.05, 3.63) is 82.0 Å². The van der Waals surface area contributed by atoms with Gasteiger partial charge in [-0.05, 0) is 40.8 Å². The fraction of sp³-hybridized carbons (Fsp3) is 0. The molecular weight excluding hydrogens is 248 g/mol. The van der Waals surface area contributed by atoms with Crippen molar-refractivity contribution in [3.8, 4) is 11.1 Å². The van der Waals surface area contributed by atoms with Crippen LogP contribution in [0, 0.1) is 0 Å². The second-order valence-corrected chi connectivity index (χ2v) is 4.93.